The predicted molar refractivity (Wildman–Crippen MR) is 82.5 cm³/mol. The number of benzene rings is 2. The number of hydrogen-bond donors (Lipinski definition) is 1. The number of ether oxygens (including phenoxy) is 1. The molecule has 2 aromatic carbocycles. The second-order valence-corrected chi connectivity index (χ2v) is 5.88. The Morgan fingerprint density at radius 2 is 2.00 bits per heavy atom. The van der Waals surface area contributed by atoms with Gasteiger partial charge in [-0.1, -0.05) is 18.2 Å². The Morgan fingerprint density at radius 1 is 1.21 bits per heavy atom. The molecule has 0 aromatic heterocycles. The largest absolute Gasteiger partial charge is 0.491 e. The molecule has 6 heteroatoms. The Balaban J connectivity index is 1.98. The molecule has 0 fully saturated rings. The van der Waals surface area contributed by atoms with E-state index in [1.165, 1.54) is 23.1 Å². The van der Waals surface area contributed by atoms with Gasteiger partial charge in [0.1, 0.15) is 24.1 Å². The molecule has 0 bridgehead atoms. The van der Waals surface area contributed by atoms with Gasteiger partial charge in [0.15, 0.2) is 0 Å². The number of rotatable bonds is 1. The first-order valence-corrected chi connectivity index (χ1v) is 7.63. The second kappa shape index (κ2) is 5.33. The lowest BCUT2D eigenvalue weighted by atomic mass is 9.79. The van der Waals surface area contributed by atoms with Gasteiger partial charge in [-0.3, -0.25) is 9.59 Å². The Hall–Kier alpha value is -2.89. The molecule has 24 heavy (non-hydrogen) atoms. The number of nitrogens with zero attached hydrogens (tertiary/aromatic N) is 1. The summed E-state index contributed by atoms with van der Waals surface area (Å²) in [5.41, 5.74) is 1.22. The smallest absolute Gasteiger partial charge is 0.313 e. The quantitative estimate of drug-likeness (QED) is 0.874. The van der Waals surface area contributed by atoms with Crippen LogP contribution in [0.2, 0.25) is 0 Å². The van der Waals surface area contributed by atoms with E-state index in [0.29, 0.717) is 22.4 Å². The van der Waals surface area contributed by atoms with Crippen LogP contribution < -0.4 is 4.74 Å². The SMILES string of the molecule is O=C(O)[C@@H]1c2ccccc2C(=O)N2CCOc3ccc(F)cc3[C@H]12. The number of hydrogen-bond acceptors (Lipinski definition) is 3. The summed E-state index contributed by atoms with van der Waals surface area (Å²) in [5, 5.41) is 9.82. The maximum atomic E-state index is 13.8. The molecule has 5 nitrogen and oxygen atoms in total. The number of fused-ring (bicyclic) bond motifs is 4. The summed E-state index contributed by atoms with van der Waals surface area (Å²) in [6.07, 6.45) is 0. The minimum absolute atomic E-state index is 0.232. The minimum atomic E-state index is -1.05. The number of aliphatic carboxylic acids is 1. The van der Waals surface area contributed by atoms with E-state index in [2.05, 4.69) is 0 Å². The van der Waals surface area contributed by atoms with Gasteiger partial charge in [-0.25, -0.2) is 4.39 Å². The van der Waals surface area contributed by atoms with Crippen LogP contribution in [-0.2, 0) is 4.79 Å². The van der Waals surface area contributed by atoms with E-state index in [0.717, 1.165) is 0 Å². The average molecular weight is 327 g/mol. The molecule has 2 atom stereocenters. The van der Waals surface area contributed by atoms with Gasteiger partial charge in [-0.05, 0) is 29.8 Å². The molecule has 2 heterocycles. The first-order chi connectivity index (χ1) is 11.6. The van der Waals surface area contributed by atoms with Crippen molar-refractivity contribution in [2.24, 2.45) is 0 Å². The minimum Gasteiger partial charge on any atom is -0.491 e. The molecule has 2 aliphatic heterocycles. The highest BCUT2D eigenvalue weighted by Gasteiger charge is 2.46. The monoisotopic (exact) mass is 327 g/mol. The van der Waals surface area contributed by atoms with Crippen LogP contribution in [0.25, 0.3) is 0 Å². The lowest BCUT2D eigenvalue weighted by molar-refractivity contribution is -0.140. The van der Waals surface area contributed by atoms with Crippen molar-refractivity contribution in [1.29, 1.82) is 0 Å². The van der Waals surface area contributed by atoms with E-state index >= 15 is 0 Å². The van der Waals surface area contributed by atoms with Crippen molar-refractivity contribution < 1.29 is 23.8 Å². The lowest BCUT2D eigenvalue weighted by Gasteiger charge is -2.39. The number of carboxylic acids is 1. The maximum Gasteiger partial charge on any atom is 0.313 e. The molecule has 0 radical (unpaired) electrons. The van der Waals surface area contributed by atoms with E-state index < -0.39 is 23.7 Å². The molecule has 122 valence electrons. The summed E-state index contributed by atoms with van der Waals surface area (Å²) in [4.78, 5) is 26.3. The number of amides is 1. The number of carbonyl (C=O) groups is 2. The van der Waals surface area contributed by atoms with Crippen molar-refractivity contribution in [1.82, 2.24) is 4.90 Å². The van der Waals surface area contributed by atoms with Crippen LogP contribution in [0.1, 0.15) is 33.4 Å². The lowest BCUT2D eigenvalue weighted by Crippen LogP contribution is -2.45. The van der Waals surface area contributed by atoms with E-state index in [1.54, 1.807) is 24.3 Å². The van der Waals surface area contributed by atoms with Gasteiger partial charge in [0.25, 0.3) is 5.91 Å². The first kappa shape index (κ1) is 14.7. The summed E-state index contributed by atoms with van der Waals surface area (Å²) in [5.74, 6) is -2.35. The van der Waals surface area contributed by atoms with Crippen molar-refractivity contribution in [2.45, 2.75) is 12.0 Å². The van der Waals surface area contributed by atoms with E-state index in [-0.39, 0.29) is 19.1 Å². The van der Waals surface area contributed by atoms with E-state index in [4.69, 9.17) is 4.74 Å². The van der Waals surface area contributed by atoms with E-state index in [9.17, 15) is 19.1 Å². The van der Waals surface area contributed by atoms with Crippen molar-refractivity contribution in [3.63, 3.8) is 0 Å². The highest BCUT2D eigenvalue weighted by atomic mass is 19.1. The highest BCUT2D eigenvalue weighted by Crippen LogP contribution is 2.46. The fraction of sp³-hybridized carbons (Fsp3) is 0.222. The predicted octanol–water partition coefficient (Wildman–Crippen LogP) is 2.58. The molecule has 0 aliphatic carbocycles. The van der Waals surface area contributed by atoms with Crippen LogP contribution in [0.3, 0.4) is 0 Å². The fourth-order valence-corrected chi connectivity index (χ4v) is 3.59. The fourth-order valence-electron chi connectivity index (χ4n) is 3.59. The van der Waals surface area contributed by atoms with Crippen molar-refractivity contribution in [3.05, 3.63) is 65.0 Å². The Bertz CT molecular complexity index is 851. The van der Waals surface area contributed by atoms with Crippen molar-refractivity contribution in [3.8, 4) is 5.75 Å². The molecular formula is C18H14FNO4. The van der Waals surface area contributed by atoms with Gasteiger partial charge in [-0.15, -0.1) is 0 Å². The topological polar surface area (TPSA) is 66.8 Å². The van der Waals surface area contributed by atoms with Crippen LogP contribution in [-0.4, -0.2) is 35.0 Å². The summed E-state index contributed by atoms with van der Waals surface area (Å²) < 4.78 is 19.4. The van der Waals surface area contributed by atoms with Crippen LogP contribution in [0.4, 0.5) is 4.39 Å². The molecule has 2 aromatic rings. The first-order valence-electron chi connectivity index (χ1n) is 7.63. The van der Waals surface area contributed by atoms with Gasteiger partial charge in [0, 0.05) is 11.1 Å². The third-order valence-corrected chi connectivity index (χ3v) is 4.58. The molecule has 2 aliphatic rings. The van der Waals surface area contributed by atoms with Gasteiger partial charge in [0.2, 0.25) is 0 Å². The van der Waals surface area contributed by atoms with Crippen molar-refractivity contribution >= 4 is 11.9 Å². The molecule has 1 amide bonds. The zero-order valence-electron chi connectivity index (χ0n) is 12.6. The zero-order chi connectivity index (χ0) is 16.8. The molecule has 4 rings (SSSR count). The molecule has 0 spiro atoms. The van der Waals surface area contributed by atoms with Crippen LogP contribution in [0, 0.1) is 5.82 Å². The summed E-state index contributed by atoms with van der Waals surface area (Å²) in [6.45, 7) is 0.479. The summed E-state index contributed by atoms with van der Waals surface area (Å²) >= 11 is 0. The molecule has 0 unspecified atom stereocenters. The van der Waals surface area contributed by atoms with Gasteiger partial charge < -0.3 is 14.7 Å². The van der Waals surface area contributed by atoms with Gasteiger partial charge in [-0.2, -0.15) is 0 Å². The van der Waals surface area contributed by atoms with Gasteiger partial charge >= 0.3 is 5.97 Å². The maximum absolute atomic E-state index is 13.8. The third-order valence-electron chi connectivity index (χ3n) is 4.58. The number of carboxylic acid groups (broad SMARTS) is 1. The molecule has 0 saturated heterocycles. The summed E-state index contributed by atoms with van der Waals surface area (Å²) in [7, 11) is 0. The standard InChI is InChI=1S/C18H14FNO4/c19-10-5-6-14-13(9-10)16-15(18(22)23)11-3-1-2-4-12(11)17(21)20(16)7-8-24-14/h1-6,9,15-16H,7-8H2,(H,22,23)/t15-,16-/m1/s1. The number of carbonyl (C=O) groups excluding carboxylic acids is 1. The molecule has 1 N–H and O–H groups in total. The molecular weight excluding hydrogens is 313 g/mol. The Kier molecular flexibility index (Phi) is 3.26. The van der Waals surface area contributed by atoms with Crippen LogP contribution in [0.15, 0.2) is 42.5 Å². The van der Waals surface area contributed by atoms with E-state index in [1.807, 2.05) is 0 Å². The second-order valence-electron chi connectivity index (χ2n) is 5.88. The van der Waals surface area contributed by atoms with Crippen molar-refractivity contribution in [2.75, 3.05) is 13.2 Å². The Labute approximate surface area is 137 Å². The zero-order valence-corrected chi connectivity index (χ0v) is 12.6. The molecule has 0 saturated carbocycles. The van der Waals surface area contributed by atoms with Crippen LogP contribution >= 0.6 is 0 Å². The normalized spacial score (nSPS) is 21.9. The third kappa shape index (κ3) is 2.06. The average Bonchev–Trinajstić information content (AvgIpc) is 2.75. The number of halogens is 1. The van der Waals surface area contributed by atoms with Gasteiger partial charge in [0.05, 0.1) is 12.6 Å². The van der Waals surface area contributed by atoms with Crippen LogP contribution in [0.5, 0.6) is 5.75 Å². The Morgan fingerprint density at radius 3 is 2.79 bits per heavy atom. The summed E-state index contributed by atoms with van der Waals surface area (Å²) in [6, 6.07) is 9.90. The highest BCUT2D eigenvalue weighted by molar-refractivity contribution is 6.00.